The summed E-state index contributed by atoms with van der Waals surface area (Å²) < 4.78 is 1.83. The number of nitrogens with zero attached hydrogens (tertiary/aromatic N) is 1. The number of amides is 2. The molecule has 8 heteroatoms. The monoisotopic (exact) mass is 384 g/mol. The van der Waals surface area contributed by atoms with E-state index in [4.69, 9.17) is 12.2 Å². The third-order valence-corrected chi connectivity index (χ3v) is 4.53. The number of fused-ring (bicyclic) bond motifs is 1. The maximum absolute atomic E-state index is 12.0. The Hall–Kier alpha value is -2.97. The van der Waals surface area contributed by atoms with E-state index in [-0.39, 0.29) is 23.5 Å². The Bertz CT molecular complexity index is 961. The number of hydrogen-bond donors (Lipinski definition) is 3. The molecule has 132 valence electrons. The van der Waals surface area contributed by atoms with Gasteiger partial charge in [0.1, 0.15) is 6.54 Å². The first-order chi connectivity index (χ1) is 12.6. The Balaban J connectivity index is 1.45. The zero-order valence-corrected chi connectivity index (χ0v) is 15.3. The Labute approximate surface area is 159 Å². The number of thiocarbonyl (C=S) groups is 1. The second-order valence-corrected chi connectivity index (χ2v) is 6.73. The van der Waals surface area contributed by atoms with Gasteiger partial charge in [0.15, 0.2) is 5.11 Å². The number of carbonyl (C=O) groups excluding carboxylic acids is 2. The van der Waals surface area contributed by atoms with E-state index in [0.717, 1.165) is 15.8 Å². The van der Waals surface area contributed by atoms with E-state index in [1.807, 2.05) is 58.6 Å². The first-order valence-corrected chi connectivity index (χ1v) is 9.06. The lowest BCUT2D eigenvalue weighted by atomic mass is 10.2. The lowest BCUT2D eigenvalue weighted by molar-refractivity contribution is -0.122. The molecular weight excluding hydrogens is 368 g/mol. The molecule has 0 aliphatic heterocycles. The van der Waals surface area contributed by atoms with Gasteiger partial charge < -0.3 is 4.57 Å². The second kappa shape index (κ2) is 8.41. The summed E-state index contributed by atoms with van der Waals surface area (Å²) in [6, 6.07) is 13.5. The van der Waals surface area contributed by atoms with Crippen molar-refractivity contribution in [2.45, 2.75) is 6.54 Å². The van der Waals surface area contributed by atoms with Crippen LogP contribution in [-0.4, -0.2) is 21.5 Å². The quantitative estimate of drug-likeness (QED) is 0.367. The highest BCUT2D eigenvalue weighted by Crippen LogP contribution is 2.14. The van der Waals surface area contributed by atoms with Crippen molar-refractivity contribution >= 4 is 57.5 Å². The van der Waals surface area contributed by atoms with Gasteiger partial charge in [-0.05, 0) is 47.3 Å². The summed E-state index contributed by atoms with van der Waals surface area (Å²) in [5, 5.41) is 5.48. The number of nitrogens with one attached hydrogen (secondary N) is 3. The molecule has 0 aliphatic carbocycles. The molecule has 0 fully saturated rings. The number of thiophene rings is 1. The van der Waals surface area contributed by atoms with Crippen LogP contribution < -0.4 is 16.2 Å². The van der Waals surface area contributed by atoms with Crippen molar-refractivity contribution in [3.8, 4) is 0 Å². The number of carbonyl (C=O) groups is 2. The number of para-hydroxylation sites is 1. The van der Waals surface area contributed by atoms with Gasteiger partial charge in [0.2, 0.25) is 5.91 Å². The van der Waals surface area contributed by atoms with E-state index in [0.29, 0.717) is 0 Å². The highest BCUT2D eigenvalue weighted by atomic mass is 32.1. The van der Waals surface area contributed by atoms with Gasteiger partial charge in [-0.25, -0.2) is 0 Å². The summed E-state index contributed by atoms with van der Waals surface area (Å²) in [7, 11) is 0. The lowest BCUT2D eigenvalue weighted by Crippen LogP contribution is -2.48. The van der Waals surface area contributed by atoms with Crippen LogP contribution in [0.4, 0.5) is 0 Å². The fourth-order valence-corrected chi connectivity index (χ4v) is 3.10. The Morgan fingerprint density at radius 3 is 2.77 bits per heavy atom. The Morgan fingerprint density at radius 2 is 1.96 bits per heavy atom. The SMILES string of the molecule is O=C(/C=C/c1cccs1)NC(=S)NNC(=O)Cn1ccc2ccccc21. The summed E-state index contributed by atoms with van der Waals surface area (Å²) in [5.74, 6) is -0.654. The Morgan fingerprint density at radius 1 is 1.12 bits per heavy atom. The molecule has 2 amide bonds. The summed E-state index contributed by atoms with van der Waals surface area (Å²) in [4.78, 5) is 24.8. The predicted octanol–water partition coefficient (Wildman–Crippen LogP) is 2.44. The molecule has 3 rings (SSSR count). The molecule has 0 saturated carbocycles. The standard InChI is InChI=1S/C18H16N4O2S2/c23-16(8-7-14-5-3-11-26-14)19-18(25)21-20-17(24)12-22-10-9-13-4-1-2-6-15(13)22/h1-11H,12H2,(H,20,24)(H2,19,21,23,25)/b8-7+. The van der Waals surface area contributed by atoms with Crippen molar-refractivity contribution in [3.63, 3.8) is 0 Å². The van der Waals surface area contributed by atoms with E-state index in [1.54, 1.807) is 6.08 Å². The maximum Gasteiger partial charge on any atom is 0.258 e. The molecule has 0 bridgehead atoms. The lowest BCUT2D eigenvalue weighted by Gasteiger charge is -2.10. The molecule has 2 heterocycles. The summed E-state index contributed by atoms with van der Waals surface area (Å²) in [5.41, 5.74) is 5.96. The van der Waals surface area contributed by atoms with Crippen molar-refractivity contribution < 1.29 is 9.59 Å². The van der Waals surface area contributed by atoms with Gasteiger partial charge in [-0.2, -0.15) is 0 Å². The first kappa shape index (κ1) is 17.8. The van der Waals surface area contributed by atoms with Crippen molar-refractivity contribution in [1.82, 2.24) is 20.7 Å². The van der Waals surface area contributed by atoms with E-state index < -0.39 is 0 Å². The highest BCUT2D eigenvalue weighted by molar-refractivity contribution is 7.80. The van der Waals surface area contributed by atoms with Crippen molar-refractivity contribution in [1.29, 1.82) is 0 Å². The van der Waals surface area contributed by atoms with E-state index in [9.17, 15) is 9.59 Å². The second-order valence-electron chi connectivity index (χ2n) is 5.34. The minimum absolute atomic E-state index is 0.0246. The maximum atomic E-state index is 12.0. The van der Waals surface area contributed by atoms with Gasteiger partial charge in [-0.1, -0.05) is 24.3 Å². The van der Waals surface area contributed by atoms with Gasteiger partial charge in [0, 0.05) is 22.7 Å². The average molecular weight is 384 g/mol. The third-order valence-electron chi connectivity index (χ3n) is 3.49. The van der Waals surface area contributed by atoms with Crippen molar-refractivity contribution in [3.05, 3.63) is 65.0 Å². The summed E-state index contributed by atoms with van der Waals surface area (Å²) in [6.07, 6.45) is 4.92. The van der Waals surface area contributed by atoms with Gasteiger partial charge in [-0.3, -0.25) is 25.8 Å². The molecule has 1 aromatic carbocycles. The topological polar surface area (TPSA) is 75.2 Å². The molecule has 0 unspecified atom stereocenters. The molecule has 0 saturated heterocycles. The van der Waals surface area contributed by atoms with Gasteiger partial charge in [0.25, 0.3) is 5.91 Å². The van der Waals surface area contributed by atoms with Crippen LogP contribution in [0.15, 0.2) is 60.1 Å². The molecule has 0 radical (unpaired) electrons. The normalized spacial score (nSPS) is 10.8. The smallest absolute Gasteiger partial charge is 0.258 e. The highest BCUT2D eigenvalue weighted by Gasteiger charge is 2.07. The molecule has 0 spiro atoms. The van der Waals surface area contributed by atoms with Crippen LogP contribution in [0.2, 0.25) is 0 Å². The first-order valence-electron chi connectivity index (χ1n) is 7.77. The van der Waals surface area contributed by atoms with E-state index >= 15 is 0 Å². The molecule has 26 heavy (non-hydrogen) atoms. The molecule has 3 N–H and O–H groups in total. The van der Waals surface area contributed by atoms with Crippen LogP contribution in [0.5, 0.6) is 0 Å². The fraction of sp³-hybridized carbons (Fsp3) is 0.0556. The summed E-state index contributed by atoms with van der Waals surface area (Å²) in [6.45, 7) is 0.134. The van der Waals surface area contributed by atoms with Crippen LogP contribution in [0.1, 0.15) is 4.88 Å². The molecule has 2 aromatic heterocycles. The number of rotatable bonds is 4. The third kappa shape index (κ3) is 4.78. The van der Waals surface area contributed by atoms with Crippen LogP contribution in [0.3, 0.4) is 0 Å². The number of hydrazine groups is 1. The van der Waals surface area contributed by atoms with Crippen LogP contribution in [0.25, 0.3) is 17.0 Å². The van der Waals surface area contributed by atoms with E-state index in [1.165, 1.54) is 17.4 Å². The van der Waals surface area contributed by atoms with Crippen LogP contribution in [0, 0.1) is 0 Å². The van der Waals surface area contributed by atoms with Crippen LogP contribution in [-0.2, 0) is 16.1 Å². The zero-order valence-electron chi connectivity index (χ0n) is 13.6. The van der Waals surface area contributed by atoms with Gasteiger partial charge in [0.05, 0.1) is 0 Å². The number of benzene rings is 1. The van der Waals surface area contributed by atoms with E-state index in [2.05, 4.69) is 16.2 Å². The zero-order chi connectivity index (χ0) is 18.4. The minimum Gasteiger partial charge on any atom is -0.338 e. The molecular formula is C18H16N4O2S2. The minimum atomic E-state index is -0.374. The fourth-order valence-electron chi connectivity index (χ4n) is 2.33. The van der Waals surface area contributed by atoms with Crippen molar-refractivity contribution in [2.24, 2.45) is 0 Å². The Kier molecular flexibility index (Phi) is 5.77. The van der Waals surface area contributed by atoms with Crippen molar-refractivity contribution in [2.75, 3.05) is 0 Å². The molecule has 6 nitrogen and oxygen atoms in total. The predicted molar refractivity (Wildman–Crippen MR) is 107 cm³/mol. The number of aromatic nitrogens is 1. The number of hydrogen-bond acceptors (Lipinski definition) is 4. The average Bonchev–Trinajstić information content (AvgIpc) is 3.29. The molecule has 3 aromatic rings. The largest absolute Gasteiger partial charge is 0.338 e. The van der Waals surface area contributed by atoms with Crippen LogP contribution >= 0.6 is 23.6 Å². The molecule has 0 atom stereocenters. The van der Waals surface area contributed by atoms with Gasteiger partial charge in [-0.15, -0.1) is 11.3 Å². The molecule has 0 aliphatic rings. The van der Waals surface area contributed by atoms with Gasteiger partial charge >= 0.3 is 0 Å². The summed E-state index contributed by atoms with van der Waals surface area (Å²) >= 11 is 6.52.